The number of benzene rings is 2. The molecule has 0 bridgehead atoms. The van der Waals surface area contributed by atoms with E-state index in [0.29, 0.717) is 23.6 Å². The molecule has 0 unspecified atom stereocenters. The number of hydrogen-bond acceptors (Lipinski definition) is 6. The monoisotopic (exact) mass is 678 g/mol. The van der Waals surface area contributed by atoms with E-state index in [4.69, 9.17) is 30.4 Å². The molecule has 5 rings (SSSR count). The Morgan fingerprint density at radius 2 is 1.16 bits per heavy atom. The van der Waals surface area contributed by atoms with Gasteiger partial charge in [0.2, 0.25) is 0 Å². The number of hydrogen-bond donors (Lipinski definition) is 2. The first kappa shape index (κ1) is 33.5. The summed E-state index contributed by atoms with van der Waals surface area (Å²) >= 11 is 0. The van der Waals surface area contributed by atoms with Gasteiger partial charge < -0.3 is 30.4 Å². The van der Waals surface area contributed by atoms with Gasteiger partial charge in [0.05, 0.1) is 26.9 Å². The second-order valence-corrected chi connectivity index (χ2v) is 15.0. The minimum Gasteiger partial charge on any atom is -0.496 e. The van der Waals surface area contributed by atoms with Crippen LogP contribution in [0.3, 0.4) is 0 Å². The maximum absolute atomic E-state index is 13.7. The van der Waals surface area contributed by atoms with Crippen LogP contribution in [-0.2, 0) is 32.1 Å². The first-order valence-corrected chi connectivity index (χ1v) is 17.1. The lowest BCUT2D eigenvalue weighted by Gasteiger charge is -2.45. The minimum atomic E-state index is -9.90. The van der Waals surface area contributed by atoms with Crippen molar-refractivity contribution in [3.63, 3.8) is 0 Å². The molecule has 0 atom stereocenters. The molecule has 3 aliphatic heterocycles. The van der Waals surface area contributed by atoms with Crippen LogP contribution in [0.1, 0.15) is 40.7 Å². The van der Waals surface area contributed by atoms with E-state index in [0.717, 1.165) is 7.11 Å². The van der Waals surface area contributed by atoms with E-state index in [9.17, 15) is 38.9 Å². The summed E-state index contributed by atoms with van der Waals surface area (Å²) in [7, 11) is -18.6. The zero-order valence-corrected chi connectivity index (χ0v) is 24.6. The fraction of sp³-hybridized carbons (Fsp3) is 0.520. The van der Waals surface area contributed by atoms with Crippen LogP contribution in [0.15, 0.2) is 15.9 Å². The van der Waals surface area contributed by atoms with Crippen molar-refractivity contribution in [2.45, 2.75) is 54.7 Å². The summed E-state index contributed by atoms with van der Waals surface area (Å²) in [5, 5.41) is 0. The maximum Gasteiger partial charge on any atom is 0.314 e. The van der Waals surface area contributed by atoms with Gasteiger partial charge in [-0.1, -0.05) is 38.9 Å². The molecule has 3 heterocycles. The molecule has 248 valence electrons. The number of fused-ring (bicyclic) bond motifs is 3. The van der Waals surface area contributed by atoms with Crippen LogP contribution in [0.5, 0.6) is 23.0 Å². The molecule has 0 spiro atoms. The Morgan fingerprint density at radius 1 is 0.651 bits per heavy atom. The summed E-state index contributed by atoms with van der Waals surface area (Å²) in [6, 6.07) is 0.316. The van der Waals surface area contributed by atoms with Crippen LogP contribution in [0.4, 0.5) is 38.9 Å². The summed E-state index contributed by atoms with van der Waals surface area (Å²) in [5.74, 6) is -1.78. The summed E-state index contributed by atoms with van der Waals surface area (Å²) in [6.07, 6.45) is 1.51. The Balaban J connectivity index is 0.000000199. The van der Waals surface area contributed by atoms with Crippen LogP contribution in [-0.4, -0.2) is 40.0 Å². The summed E-state index contributed by atoms with van der Waals surface area (Å²) in [5.41, 5.74) is 11.6. The second-order valence-electron chi connectivity index (χ2n) is 10.3. The zero-order valence-electron chi connectivity index (χ0n) is 22.9. The van der Waals surface area contributed by atoms with Crippen molar-refractivity contribution < 1.29 is 57.8 Å². The van der Waals surface area contributed by atoms with Crippen molar-refractivity contribution >= 4 is 20.4 Å². The topological polar surface area (TPSA) is 89.0 Å². The Bertz CT molecular complexity index is 1400. The highest BCUT2D eigenvalue weighted by Gasteiger charge is 2.70. The average Bonchev–Trinajstić information content (AvgIpc) is 3.36. The molecule has 0 radical (unpaired) electrons. The number of ether oxygens (including phenoxy) is 4. The molecule has 6 nitrogen and oxygen atoms in total. The predicted octanol–water partition coefficient (Wildman–Crippen LogP) is 8.28. The maximum atomic E-state index is 13.7. The lowest BCUT2D eigenvalue weighted by atomic mass is 9.91. The van der Waals surface area contributed by atoms with Gasteiger partial charge in [-0.25, -0.2) is 0 Å². The second kappa shape index (κ2) is 9.78. The first-order chi connectivity index (χ1) is 19.5. The van der Waals surface area contributed by atoms with E-state index in [1.807, 2.05) is 0 Å². The number of nitrogens with two attached hydrogens (primary N) is 2. The molecule has 4 N–H and O–H groups in total. The molecular weight excluding hydrogens is 646 g/mol. The van der Waals surface area contributed by atoms with Crippen LogP contribution in [0.25, 0.3) is 0 Å². The van der Waals surface area contributed by atoms with Crippen LogP contribution in [0.2, 0.25) is 0 Å². The number of rotatable bonds is 7. The van der Waals surface area contributed by atoms with E-state index in [2.05, 4.69) is 0 Å². The Kier molecular flexibility index (Phi) is 7.61. The SMILES string of the molecule is COc1cc(S(F)(F)(F)(F)F)c2c(c1CCN)CCO2.NCCc1c2c(c(S(F)(F)(F)(F)F)c3c1OCCC3)OCCC2. The molecule has 0 aliphatic carbocycles. The van der Waals surface area contributed by atoms with Crippen molar-refractivity contribution in [2.75, 3.05) is 40.0 Å². The highest BCUT2D eigenvalue weighted by molar-refractivity contribution is 8.46. The van der Waals surface area contributed by atoms with Gasteiger partial charge in [-0.3, -0.25) is 0 Å². The molecule has 2 aromatic rings. The van der Waals surface area contributed by atoms with Crippen molar-refractivity contribution in [3.8, 4) is 23.0 Å². The summed E-state index contributed by atoms with van der Waals surface area (Å²) < 4.78 is 154. The van der Waals surface area contributed by atoms with Crippen LogP contribution in [0, 0.1) is 0 Å². The quantitative estimate of drug-likeness (QED) is 0.287. The van der Waals surface area contributed by atoms with Crippen molar-refractivity contribution in [2.24, 2.45) is 11.5 Å². The lowest BCUT2D eigenvalue weighted by molar-refractivity contribution is 0.252. The molecule has 0 amide bonds. The largest absolute Gasteiger partial charge is 0.496 e. The highest BCUT2D eigenvalue weighted by atomic mass is 32.5. The smallest absolute Gasteiger partial charge is 0.314 e. The van der Waals surface area contributed by atoms with Gasteiger partial charge in [0, 0.05) is 40.3 Å². The van der Waals surface area contributed by atoms with Crippen molar-refractivity contribution in [3.05, 3.63) is 33.9 Å². The van der Waals surface area contributed by atoms with Gasteiger partial charge in [0.1, 0.15) is 23.0 Å². The standard InChI is InChI=1S/C14H18F5NO2S.C11H14F5NO2S/c15-23(16,17,18,19)14-11-4-2-7-21-12(11)10(5-6-20)9-3-1-8-22-13(9)14;1-18-9-6-10(20(12,13,14,15)16)11-8(3-5-19-11)7(9)2-4-17/h1-8,20H2;6H,2-5,17H2,1H3. The van der Waals surface area contributed by atoms with Crippen molar-refractivity contribution in [1.82, 2.24) is 0 Å². The molecule has 0 saturated carbocycles. The van der Waals surface area contributed by atoms with E-state index >= 15 is 0 Å². The molecule has 3 aliphatic rings. The Hall–Kier alpha value is -2.44. The van der Waals surface area contributed by atoms with E-state index in [1.165, 1.54) is 0 Å². The predicted molar refractivity (Wildman–Crippen MR) is 145 cm³/mol. The summed E-state index contributed by atoms with van der Waals surface area (Å²) in [6.45, 7) is 0.497. The van der Waals surface area contributed by atoms with Crippen molar-refractivity contribution in [1.29, 1.82) is 0 Å². The van der Waals surface area contributed by atoms with Gasteiger partial charge in [-0.05, 0) is 51.6 Å². The molecule has 0 fully saturated rings. The average molecular weight is 679 g/mol. The lowest BCUT2D eigenvalue weighted by Crippen LogP contribution is -2.23. The highest BCUT2D eigenvalue weighted by Crippen LogP contribution is 3.04. The Morgan fingerprint density at radius 3 is 1.70 bits per heavy atom. The Labute approximate surface area is 241 Å². The van der Waals surface area contributed by atoms with Crippen LogP contribution < -0.4 is 30.4 Å². The van der Waals surface area contributed by atoms with Gasteiger partial charge >= 0.3 is 20.4 Å². The third-order valence-corrected chi connectivity index (χ3v) is 9.47. The molecule has 0 saturated heterocycles. The molecule has 18 heteroatoms. The van der Waals surface area contributed by atoms with E-state index in [1.54, 1.807) is 0 Å². The zero-order chi connectivity index (χ0) is 32.2. The van der Waals surface area contributed by atoms with E-state index < -0.39 is 47.3 Å². The van der Waals surface area contributed by atoms with Gasteiger partial charge in [-0.2, -0.15) is 0 Å². The van der Waals surface area contributed by atoms with Gasteiger partial charge in [0.15, 0.2) is 9.79 Å². The minimum absolute atomic E-state index is 0.00442. The number of halogens is 10. The molecule has 0 aromatic heterocycles. The normalized spacial score (nSPS) is 19.3. The van der Waals surface area contributed by atoms with Gasteiger partial charge in [0.25, 0.3) is 0 Å². The molecule has 2 aromatic carbocycles. The first-order valence-electron chi connectivity index (χ1n) is 13.2. The summed E-state index contributed by atoms with van der Waals surface area (Å²) in [4.78, 5) is -3.90. The number of methoxy groups -OCH3 is 1. The fourth-order valence-electron chi connectivity index (χ4n) is 5.59. The third-order valence-electron chi connectivity index (χ3n) is 7.13. The van der Waals surface area contributed by atoms with E-state index in [-0.39, 0.29) is 94.1 Å². The van der Waals surface area contributed by atoms with Crippen LogP contribution >= 0.6 is 20.4 Å². The molecule has 43 heavy (non-hydrogen) atoms. The molecular formula is C25H32F10N2O4S2. The third kappa shape index (κ3) is 6.96. The van der Waals surface area contributed by atoms with Gasteiger partial charge in [-0.15, -0.1) is 0 Å². The fourth-order valence-corrected chi connectivity index (χ4v) is 7.64.